The number of rotatable bonds is 1. The molecule has 0 aromatic heterocycles. The lowest BCUT2D eigenvalue weighted by atomic mass is 9.93. The van der Waals surface area contributed by atoms with E-state index in [0.717, 1.165) is 0 Å². The Hall–Kier alpha value is -0.570. The summed E-state index contributed by atoms with van der Waals surface area (Å²) in [5, 5.41) is 0. The Kier molecular flexibility index (Phi) is 1.38. The van der Waals surface area contributed by atoms with Crippen molar-refractivity contribution in [1.82, 2.24) is 0 Å². The molecule has 1 aliphatic heterocycles. The average Bonchev–Trinajstić information content (AvgIpc) is 1.83. The van der Waals surface area contributed by atoms with Gasteiger partial charge in [-0.25, -0.2) is 0 Å². The van der Waals surface area contributed by atoms with E-state index in [-0.39, 0.29) is 0 Å². The van der Waals surface area contributed by atoms with Crippen LogP contribution < -0.4 is 28.7 Å². The van der Waals surface area contributed by atoms with Crippen LogP contribution in [0.15, 0.2) is 4.99 Å². The van der Waals surface area contributed by atoms with Gasteiger partial charge in [-0.2, -0.15) is 0 Å². The number of ether oxygens (including phenoxy) is 1. The standard InChI is InChI=1S/C4H12N6O/c1-10-2(5)3(6,7)11-4(2,8)9/h1,5-9H2. The molecule has 11 heavy (non-hydrogen) atoms. The van der Waals surface area contributed by atoms with Crippen molar-refractivity contribution in [2.24, 2.45) is 33.7 Å². The highest BCUT2D eigenvalue weighted by Crippen LogP contribution is 2.36. The monoisotopic (exact) mass is 160 g/mol. The lowest BCUT2D eigenvalue weighted by molar-refractivity contribution is -0.326. The fraction of sp³-hybridized carbons (Fsp3) is 0.750. The van der Waals surface area contributed by atoms with Crippen molar-refractivity contribution in [3.63, 3.8) is 0 Å². The summed E-state index contributed by atoms with van der Waals surface area (Å²) in [6.45, 7) is 3.17. The zero-order valence-corrected chi connectivity index (χ0v) is 5.95. The predicted molar refractivity (Wildman–Crippen MR) is 39.8 cm³/mol. The van der Waals surface area contributed by atoms with E-state index in [2.05, 4.69) is 16.4 Å². The molecule has 0 spiro atoms. The second kappa shape index (κ2) is 1.78. The van der Waals surface area contributed by atoms with Crippen molar-refractivity contribution in [1.29, 1.82) is 0 Å². The molecule has 0 amide bonds. The molecule has 1 heterocycles. The van der Waals surface area contributed by atoms with Gasteiger partial charge in [0.15, 0.2) is 0 Å². The Morgan fingerprint density at radius 1 is 1.00 bits per heavy atom. The van der Waals surface area contributed by atoms with Crippen LogP contribution in [0.1, 0.15) is 0 Å². The first-order chi connectivity index (χ1) is 4.77. The fourth-order valence-corrected chi connectivity index (χ4v) is 0.941. The molecule has 7 heteroatoms. The minimum absolute atomic E-state index is 1.54. The van der Waals surface area contributed by atoms with E-state index in [1.807, 2.05) is 0 Å². The Bertz CT molecular complexity index is 185. The minimum atomic E-state index is -1.64. The highest BCUT2D eigenvalue weighted by molar-refractivity contribution is 5.31. The van der Waals surface area contributed by atoms with Gasteiger partial charge in [-0.05, 0) is 6.72 Å². The molecule has 7 nitrogen and oxygen atoms in total. The Labute approximate surface area is 63.5 Å². The highest BCUT2D eigenvalue weighted by atomic mass is 16.6. The average molecular weight is 160 g/mol. The zero-order chi connectivity index (χ0) is 8.91. The molecule has 0 unspecified atom stereocenters. The SMILES string of the molecule is C=NC1(N)C(N)(N)OC1(N)N. The van der Waals surface area contributed by atoms with Gasteiger partial charge in [0.25, 0.3) is 0 Å². The molecule has 10 N–H and O–H groups in total. The van der Waals surface area contributed by atoms with Gasteiger partial charge >= 0.3 is 0 Å². The fourth-order valence-electron chi connectivity index (χ4n) is 0.941. The summed E-state index contributed by atoms with van der Waals surface area (Å²) >= 11 is 0. The minimum Gasteiger partial charge on any atom is -0.305 e. The van der Waals surface area contributed by atoms with Crippen LogP contribution >= 0.6 is 0 Å². The van der Waals surface area contributed by atoms with Crippen molar-refractivity contribution in [2.75, 3.05) is 0 Å². The molecule has 1 rings (SSSR count). The van der Waals surface area contributed by atoms with Crippen LogP contribution in [0.4, 0.5) is 0 Å². The third-order valence-corrected chi connectivity index (χ3v) is 1.78. The van der Waals surface area contributed by atoms with Gasteiger partial charge in [-0.15, -0.1) is 0 Å². The number of hydrogen-bond donors (Lipinski definition) is 5. The summed E-state index contributed by atoms with van der Waals surface area (Å²) in [7, 11) is 0. The molecule has 0 radical (unpaired) electrons. The summed E-state index contributed by atoms with van der Waals surface area (Å²) < 4.78 is 4.67. The van der Waals surface area contributed by atoms with E-state index in [1.54, 1.807) is 0 Å². The molecular weight excluding hydrogens is 148 g/mol. The third-order valence-electron chi connectivity index (χ3n) is 1.78. The van der Waals surface area contributed by atoms with Gasteiger partial charge in [0.1, 0.15) is 0 Å². The quantitative estimate of drug-likeness (QED) is 0.198. The molecule has 1 saturated heterocycles. The number of aliphatic imine (C=N–C) groups is 1. The second-order valence-corrected chi connectivity index (χ2v) is 2.61. The van der Waals surface area contributed by atoms with Crippen LogP contribution in [0.5, 0.6) is 0 Å². The molecule has 0 aromatic carbocycles. The molecule has 0 aliphatic carbocycles. The van der Waals surface area contributed by atoms with E-state index in [4.69, 9.17) is 28.7 Å². The lowest BCUT2D eigenvalue weighted by Crippen LogP contribution is -2.97. The Balaban J connectivity index is 2.98. The third kappa shape index (κ3) is 0.745. The van der Waals surface area contributed by atoms with E-state index in [0.29, 0.717) is 0 Å². The first-order valence-corrected chi connectivity index (χ1v) is 2.89. The summed E-state index contributed by atoms with van der Waals surface area (Å²) in [4.78, 5) is 3.43. The van der Waals surface area contributed by atoms with Crippen LogP contribution in [0.2, 0.25) is 0 Å². The largest absolute Gasteiger partial charge is 0.305 e. The molecule has 1 fully saturated rings. The first kappa shape index (κ1) is 8.53. The predicted octanol–water partition coefficient (Wildman–Crippen LogP) is -3.49. The molecule has 0 atom stereocenters. The molecule has 0 saturated carbocycles. The number of hydrogen-bond acceptors (Lipinski definition) is 7. The maximum atomic E-state index is 5.50. The van der Waals surface area contributed by atoms with Crippen molar-refractivity contribution in [2.45, 2.75) is 17.4 Å². The number of nitrogens with two attached hydrogens (primary N) is 5. The molecule has 0 bridgehead atoms. The van der Waals surface area contributed by atoms with Crippen LogP contribution in [-0.4, -0.2) is 24.1 Å². The lowest BCUT2D eigenvalue weighted by Gasteiger charge is -2.58. The Morgan fingerprint density at radius 3 is 1.45 bits per heavy atom. The van der Waals surface area contributed by atoms with Crippen LogP contribution in [0, 0.1) is 0 Å². The summed E-state index contributed by atoms with van der Waals surface area (Å²) in [6, 6.07) is 0. The van der Waals surface area contributed by atoms with Crippen LogP contribution in [0.3, 0.4) is 0 Å². The van der Waals surface area contributed by atoms with Gasteiger partial charge in [-0.3, -0.25) is 33.7 Å². The van der Waals surface area contributed by atoms with E-state index >= 15 is 0 Å². The molecular formula is C4H12N6O. The van der Waals surface area contributed by atoms with E-state index < -0.39 is 17.4 Å². The zero-order valence-electron chi connectivity index (χ0n) is 5.95. The smallest absolute Gasteiger partial charge is 0.221 e. The van der Waals surface area contributed by atoms with Crippen molar-refractivity contribution >= 4 is 6.72 Å². The highest BCUT2D eigenvalue weighted by Gasteiger charge is 2.69. The topological polar surface area (TPSA) is 152 Å². The van der Waals surface area contributed by atoms with Crippen molar-refractivity contribution in [3.8, 4) is 0 Å². The first-order valence-electron chi connectivity index (χ1n) is 2.89. The Morgan fingerprint density at radius 2 is 1.36 bits per heavy atom. The van der Waals surface area contributed by atoms with Gasteiger partial charge in [0, 0.05) is 0 Å². The van der Waals surface area contributed by atoms with Gasteiger partial charge in [-0.1, -0.05) is 0 Å². The van der Waals surface area contributed by atoms with Gasteiger partial charge in [0.05, 0.1) is 0 Å². The number of nitrogens with zero attached hydrogens (tertiary/aromatic N) is 1. The molecule has 1 aliphatic rings. The van der Waals surface area contributed by atoms with E-state index in [1.165, 1.54) is 0 Å². The summed E-state index contributed by atoms with van der Waals surface area (Å²) in [5.74, 6) is -3.28. The maximum absolute atomic E-state index is 5.50. The molecule has 64 valence electrons. The van der Waals surface area contributed by atoms with Gasteiger partial charge < -0.3 is 4.74 Å². The second-order valence-electron chi connectivity index (χ2n) is 2.61. The van der Waals surface area contributed by atoms with Crippen molar-refractivity contribution < 1.29 is 4.74 Å². The van der Waals surface area contributed by atoms with Crippen LogP contribution in [0.25, 0.3) is 0 Å². The van der Waals surface area contributed by atoms with Crippen molar-refractivity contribution in [3.05, 3.63) is 0 Å². The normalized spacial score (nSPS) is 30.6. The van der Waals surface area contributed by atoms with E-state index in [9.17, 15) is 0 Å². The molecule has 0 aromatic rings. The van der Waals surface area contributed by atoms with Crippen LogP contribution in [-0.2, 0) is 4.74 Å². The van der Waals surface area contributed by atoms with Gasteiger partial charge in [0.2, 0.25) is 17.4 Å². The summed E-state index contributed by atoms with van der Waals surface area (Å²) in [6.07, 6.45) is 0. The summed E-state index contributed by atoms with van der Waals surface area (Å²) in [5.41, 5.74) is 25.3. The maximum Gasteiger partial charge on any atom is 0.221 e.